The van der Waals surface area contributed by atoms with Gasteiger partial charge in [0.1, 0.15) is 12.3 Å². The van der Waals surface area contributed by atoms with E-state index in [4.69, 9.17) is 15.7 Å². The summed E-state index contributed by atoms with van der Waals surface area (Å²) in [4.78, 5) is 11.3. The Hall–Kier alpha value is -2.06. The summed E-state index contributed by atoms with van der Waals surface area (Å²) in [5.74, 6) is 0.365. The highest BCUT2D eigenvalue weighted by Gasteiger charge is 2.19. The van der Waals surface area contributed by atoms with Crippen LogP contribution in [0.1, 0.15) is 23.6 Å². The second-order valence-electron chi connectivity index (χ2n) is 4.23. The molecular weight excluding hydrogens is 230 g/mol. The van der Waals surface area contributed by atoms with Gasteiger partial charge in [-0.1, -0.05) is 6.07 Å². The number of carbonyl (C=O) groups is 1. The van der Waals surface area contributed by atoms with Gasteiger partial charge in [-0.15, -0.1) is 0 Å². The Kier molecular flexibility index (Phi) is 3.80. The fraction of sp³-hybridized carbons (Fsp3) is 0.385. The Labute approximate surface area is 106 Å². The van der Waals surface area contributed by atoms with Crippen LogP contribution in [0.4, 0.5) is 0 Å². The minimum Gasteiger partial charge on any atom is -0.484 e. The van der Waals surface area contributed by atoms with Crippen molar-refractivity contribution in [1.82, 2.24) is 5.32 Å². The molecule has 18 heavy (non-hydrogen) atoms. The second kappa shape index (κ2) is 5.52. The molecule has 0 radical (unpaired) electrons. The number of hydrogen-bond donors (Lipinski definition) is 2. The van der Waals surface area contributed by atoms with E-state index in [1.807, 2.05) is 24.3 Å². The number of nitrogens with one attached hydrogen (secondary N) is 1. The lowest BCUT2D eigenvalue weighted by atomic mass is 10.1. The van der Waals surface area contributed by atoms with Gasteiger partial charge in [0.2, 0.25) is 0 Å². The Morgan fingerprint density at radius 2 is 2.44 bits per heavy atom. The van der Waals surface area contributed by atoms with Crippen LogP contribution in [0.15, 0.2) is 18.2 Å². The lowest BCUT2D eigenvalue weighted by Crippen LogP contribution is -2.29. The van der Waals surface area contributed by atoms with Crippen LogP contribution in [-0.2, 0) is 11.2 Å². The number of nitrogens with zero attached hydrogens (tertiary/aromatic N) is 1. The maximum atomic E-state index is 11.3. The molecule has 0 aromatic heterocycles. The Morgan fingerprint density at radius 3 is 3.22 bits per heavy atom. The summed E-state index contributed by atoms with van der Waals surface area (Å²) in [6.45, 7) is -0.0756. The number of carbonyl (C=O) groups excluding carboxylic acids is 1. The van der Waals surface area contributed by atoms with Crippen LogP contribution in [0.3, 0.4) is 0 Å². The summed E-state index contributed by atoms with van der Waals surface area (Å²) >= 11 is 0. The monoisotopic (exact) mass is 245 g/mol. The predicted octanol–water partition coefficient (Wildman–Crippen LogP) is 0.651. The molecule has 1 aliphatic carbocycles. The first-order valence-corrected chi connectivity index (χ1v) is 5.85. The molecule has 1 amide bonds. The number of nitrogens with two attached hydrogens (primary N) is 1. The lowest BCUT2D eigenvalue weighted by Gasteiger charge is -2.08. The summed E-state index contributed by atoms with van der Waals surface area (Å²) < 4.78 is 5.36. The van der Waals surface area contributed by atoms with E-state index >= 15 is 0 Å². The second-order valence-corrected chi connectivity index (χ2v) is 4.23. The molecule has 1 atom stereocenters. The van der Waals surface area contributed by atoms with Gasteiger partial charge in [-0.05, 0) is 36.1 Å². The van der Waals surface area contributed by atoms with Gasteiger partial charge in [-0.3, -0.25) is 4.79 Å². The normalized spacial score (nSPS) is 16.8. The number of aryl methyl sites for hydroxylation is 1. The van der Waals surface area contributed by atoms with Crippen molar-refractivity contribution in [3.05, 3.63) is 29.3 Å². The van der Waals surface area contributed by atoms with Crippen LogP contribution >= 0.6 is 0 Å². The average molecular weight is 245 g/mol. The molecule has 0 saturated heterocycles. The number of benzene rings is 1. The molecule has 0 bridgehead atoms. The first kappa shape index (κ1) is 12.4. The number of fused-ring (bicyclic) bond motifs is 1. The summed E-state index contributed by atoms with van der Waals surface area (Å²) in [5.41, 5.74) is 8.29. The summed E-state index contributed by atoms with van der Waals surface area (Å²) in [7, 11) is 0. The van der Waals surface area contributed by atoms with Crippen molar-refractivity contribution in [1.29, 1.82) is 5.26 Å². The number of rotatable bonds is 4. The van der Waals surface area contributed by atoms with Crippen molar-refractivity contribution in [2.24, 2.45) is 5.73 Å². The summed E-state index contributed by atoms with van der Waals surface area (Å²) in [6, 6.07) is 7.66. The van der Waals surface area contributed by atoms with Crippen molar-refractivity contribution >= 4 is 5.91 Å². The zero-order chi connectivity index (χ0) is 13.0. The molecule has 0 fully saturated rings. The third-order valence-corrected chi connectivity index (χ3v) is 2.97. The minimum absolute atomic E-state index is 0.00122. The van der Waals surface area contributed by atoms with Gasteiger partial charge in [-0.2, -0.15) is 5.26 Å². The van der Waals surface area contributed by atoms with E-state index in [0.29, 0.717) is 5.75 Å². The fourth-order valence-corrected chi connectivity index (χ4v) is 2.05. The van der Waals surface area contributed by atoms with Crippen molar-refractivity contribution in [3.63, 3.8) is 0 Å². The molecule has 5 heteroatoms. The molecule has 94 valence electrons. The van der Waals surface area contributed by atoms with Gasteiger partial charge in [0.05, 0.1) is 6.07 Å². The molecule has 1 aliphatic rings. The van der Waals surface area contributed by atoms with Crippen LogP contribution in [0, 0.1) is 11.3 Å². The van der Waals surface area contributed by atoms with Gasteiger partial charge in [0.25, 0.3) is 5.91 Å². The molecule has 0 aliphatic heterocycles. The molecule has 0 unspecified atom stereocenters. The topological polar surface area (TPSA) is 88.1 Å². The lowest BCUT2D eigenvalue weighted by molar-refractivity contribution is -0.122. The highest BCUT2D eigenvalue weighted by Crippen LogP contribution is 2.31. The maximum Gasteiger partial charge on any atom is 0.258 e. The number of ether oxygens (including phenoxy) is 1. The quantitative estimate of drug-likeness (QED) is 0.762. The van der Waals surface area contributed by atoms with Gasteiger partial charge in [0.15, 0.2) is 6.61 Å². The first-order chi connectivity index (χ1) is 8.70. The number of hydrogen-bond acceptors (Lipinski definition) is 4. The molecule has 1 aromatic carbocycles. The highest BCUT2D eigenvalue weighted by molar-refractivity contribution is 5.77. The molecule has 0 saturated carbocycles. The maximum absolute atomic E-state index is 11.3. The van der Waals surface area contributed by atoms with Gasteiger partial charge >= 0.3 is 0 Å². The Balaban J connectivity index is 1.91. The standard InChI is InChI=1S/C13H15N3O2/c14-5-6-16-13(17)8-18-10-2-3-11-9(7-10)1-4-12(11)15/h2-3,7,12H,1,4,6,8,15H2,(H,16,17)/t12-/m0/s1. The van der Waals surface area contributed by atoms with Crippen molar-refractivity contribution < 1.29 is 9.53 Å². The molecule has 2 rings (SSSR count). The van der Waals surface area contributed by atoms with E-state index in [-0.39, 0.29) is 25.1 Å². The molecule has 0 heterocycles. The smallest absolute Gasteiger partial charge is 0.258 e. The van der Waals surface area contributed by atoms with Crippen molar-refractivity contribution in [2.45, 2.75) is 18.9 Å². The van der Waals surface area contributed by atoms with Crippen LogP contribution in [0.5, 0.6) is 5.75 Å². The van der Waals surface area contributed by atoms with Crippen molar-refractivity contribution in [2.75, 3.05) is 13.2 Å². The molecule has 1 aromatic rings. The fourth-order valence-electron chi connectivity index (χ4n) is 2.05. The van der Waals surface area contributed by atoms with E-state index in [1.165, 1.54) is 5.56 Å². The predicted molar refractivity (Wildman–Crippen MR) is 65.8 cm³/mol. The zero-order valence-electron chi connectivity index (χ0n) is 9.98. The van der Waals surface area contributed by atoms with Gasteiger partial charge in [0, 0.05) is 6.04 Å². The van der Waals surface area contributed by atoms with E-state index in [0.717, 1.165) is 18.4 Å². The van der Waals surface area contributed by atoms with Gasteiger partial charge < -0.3 is 15.8 Å². The van der Waals surface area contributed by atoms with E-state index in [1.54, 1.807) is 0 Å². The van der Waals surface area contributed by atoms with Crippen LogP contribution < -0.4 is 15.8 Å². The van der Waals surface area contributed by atoms with Crippen LogP contribution in [-0.4, -0.2) is 19.1 Å². The average Bonchev–Trinajstić information content (AvgIpc) is 2.75. The zero-order valence-corrected chi connectivity index (χ0v) is 9.98. The Bertz CT molecular complexity index is 493. The molecule has 3 N–H and O–H groups in total. The largest absolute Gasteiger partial charge is 0.484 e. The van der Waals surface area contributed by atoms with Gasteiger partial charge in [-0.25, -0.2) is 0 Å². The van der Waals surface area contributed by atoms with Crippen molar-refractivity contribution in [3.8, 4) is 11.8 Å². The number of nitriles is 1. The van der Waals surface area contributed by atoms with E-state index in [9.17, 15) is 4.79 Å². The highest BCUT2D eigenvalue weighted by atomic mass is 16.5. The third kappa shape index (κ3) is 2.79. The minimum atomic E-state index is -0.297. The van der Waals surface area contributed by atoms with Crippen LogP contribution in [0.25, 0.3) is 0 Å². The summed E-state index contributed by atoms with van der Waals surface area (Å²) in [5, 5.41) is 10.7. The Morgan fingerprint density at radius 1 is 1.61 bits per heavy atom. The summed E-state index contributed by atoms with van der Waals surface area (Å²) in [6.07, 6.45) is 1.91. The molecule has 0 spiro atoms. The van der Waals surface area contributed by atoms with E-state index in [2.05, 4.69) is 5.32 Å². The number of amides is 1. The SMILES string of the molecule is N#CCNC(=O)COc1ccc2c(c1)CC[C@@H]2N. The first-order valence-electron chi connectivity index (χ1n) is 5.85. The van der Waals surface area contributed by atoms with Crippen LogP contribution in [0.2, 0.25) is 0 Å². The van der Waals surface area contributed by atoms with E-state index < -0.39 is 0 Å². The molecule has 5 nitrogen and oxygen atoms in total. The third-order valence-electron chi connectivity index (χ3n) is 2.97. The molecular formula is C13H15N3O2.